The summed E-state index contributed by atoms with van der Waals surface area (Å²) in [5, 5.41) is 7.83. The third-order valence-corrected chi connectivity index (χ3v) is 6.52. The van der Waals surface area contributed by atoms with Gasteiger partial charge in [-0.1, -0.05) is 28.1 Å². The molecule has 4 rings (SSSR count). The van der Waals surface area contributed by atoms with Gasteiger partial charge in [0.2, 0.25) is 0 Å². The van der Waals surface area contributed by atoms with Crippen molar-refractivity contribution in [2.45, 2.75) is 38.0 Å². The first-order chi connectivity index (χ1) is 13.6. The average Bonchev–Trinajstić information content (AvgIpc) is 3.15. The normalized spacial score (nSPS) is 20.4. The molecule has 0 amide bonds. The Morgan fingerprint density at radius 3 is 2.86 bits per heavy atom. The van der Waals surface area contributed by atoms with Crippen molar-refractivity contribution in [2.24, 2.45) is 18.0 Å². The van der Waals surface area contributed by atoms with Gasteiger partial charge in [-0.2, -0.15) is 5.10 Å². The molecule has 1 unspecified atom stereocenters. The largest absolute Gasteiger partial charge is 0.357 e. The third-order valence-electron chi connectivity index (χ3n) is 6.03. The topological polar surface area (TPSA) is 45.5 Å². The molecule has 2 aliphatic rings. The molecule has 1 aromatic heterocycles. The smallest absolute Gasteiger partial charge is 0.193 e. The minimum Gasteiger partial charge on any atom is -0.357 e. The van der Waals surface area contributed by atoms with Gasteiger partial charge in [0.15, 0.2) is 5.96 Å². The number of rotatable bonds is 6. The molecule has 158 valence electrons. The molecular formula is C22H31BrIN5. The molecule has 2 fully saturated rings. The maximum atomic E-state index is 5.08. The van der Waals surface area contributed by atoms with Crippen LogP contribution in [0.15, 0.2) is 46.1 Å². The molecule has 1 aliphatic carbocycles. The van der Waals surface area contributed by atoms with E-state index in [1.807, 2.05) is 17.9 Å². The number of aliphatic imine (C=N–C) groups is 1. The summed E-state index contributed by atoms with van der Waals surface area (Å²) in [6.07, 6.45) is 8.92. The number of likely N-dealkylation sites (tertiary alicyclic amines) is 1. The molecule has 1 saturated heterocycles. The van der Waals surface area contributed by atoms with E-state index in [0.717, 1.165) is 43.0 Å². The van der Waals surface area contributed by atoms with Gasteiger partial charge in [0, 0.05) is 42.8 Å². The van der Waals surface area contributed by atoms with Crippen LogP contribution in [0.4, 0.5) is 0 Å². The Kier molecular flexibility index (Phi) is 7.64. The first-order valence-electron chi connectivity index (χ1n) is 10.3. The lowest BCUT2D eigenvalue weighted by Gasteiger charge is -2.23. The van der Waals surface area contributed by atoms with E-state index < -0.39 is 0 Å². The van der Waals surface area contributed by atoms with Gasteiger partial charge in [-0.15, -0.1) is 24.0 Å². The maximum Gasteiger partial charge on any atom is 0.193 e. The number of benzene rings is 1. The van der Waals surface area contributed by atoms with Crippen LogP contribution in [0.5, 0.6) is 0 Å². The fourth-order valence-corrected chi connectivity index (χ4v) is 4.66. The third kappa shape index (κ3) is 5.54. The average molecular weight is 572 g/mol. The molecular weight excluding hydrogens is 541 g/mol. The summed E-state index contributed by atoms with van der Waals surface area (Å²) < 4.78 is 3.05. The molecule has 29 heavy (non-hydrogen) atoms. The lowest BCUT2D eigenvalue weighted by Crippen LogP contribution is -2.40. The van der Waals surface area contributed by atoms with Crippen LogP contribution in [-0.4, -0.2) is 46.8 Å². The number of aromatic nitrogens is 2. The fourth-order valence-electron chi connectivity index (χ4n) is 4.26. The molecule has 0 radical (unpaired) electrons. The minimum atomic E-state index is 0. The molecule has 1 saturated carbocycles. The predicted molar refractivity (Wildman–Crippen MR) is 133 cm³/mol. The Morgan fingerprint density at radius 2 is 2.21 bits per heavy atom. The van der Waals surface area contributed by atoms with Gasteiger partial charge in [0.25, 0.3) is 0 Å². The summed E-state index contributed by atoms with van der Waals surface area (Å²) in [5.74, 6) is 1.76. The highest BCUT2D eigenvalue weighted by atomic mass is 127. The summed E-state index contributed by atoms with van der Waals surface area (Å²) in [4.78, 5) is 7.53. The Bertz CT molecular complexity index is 845. The van der Waals surface area contributed by atoms with E-state index in [-0.39, 0.29) is 29.4 Å². The van der Waals surface area contributed by atoms with Crippen LogP contribution < -0.4 is 5.32 Å². The number of hydrogen-bond acceptors (Lipinski definition) is 2. The molecule has 0 bridgehead atoms. The van der Waals surface area contributed by atoms with E-state index in [9.17, 15) is 0 Å². The minimum absolute atomic E-state index is 0. The Morgan fingerprint density at radius 1 is 1.38 bits per heavy atom. The molecule has 2 heterocycles. The predicted octanol–water partition coefficient (Wildman–Crippen LogP) is 4.36. The van der Waals surface area contributed by atoms with Crippen LogP contribution >= 0.6 is 39.9 Å². The van der Waals surface area contributed by atoms with E-state index in [0.29, 0.717) is 5.92 Å². The van der Waals surface area contributed by atoms with Gasteiger partial charge >= 0.3 is 0 Å². The summed E-state index contributed by atoms with van der Waals surface area (Å²) in [6, 6.07) is 8.74. The number of aryl methyl sites for hydroxylation is 1. The lowest BCUT2D eigenvalue weighted by molar-refractivity contribution is 0.458. The first kappa shape index (κ1) is 22.6. The summed E-state index contributed by atoms with van der Waals surface area (Å²) in [5.41, 5.74) is 2.99. The summed E-state index contributed by atoms with van der Waals surface area (Å²) in [6.45, 7) is 6.09. The van der Waals surface area contributed by atoms with Crippen molar-refractivity contribution in [3.05, 3.63) is 52.3 Å². The van der Waals surface area contributed by atoms with Crippen molar-refractivity contribution < 1.29 is 0 Å². The van der Waals surface area contributed by atoms with Crippen molar-refractivity contribution in [2.75, 3.05) is 26.2 Å². The fraction of sp³-hybridized carbons (Fsp3) is 0.545. The zero-order valence-corrected chi connectivity index (χ0v) is 21.2. The molecule has 7 heteroatoms. The van der Waals surface area contributed by atoms with Gasteiger partial charge in [-0.3, -0.25) is 9.67 Å². The van der Waals surface area contributed by atoms with Crippen LogP contribution in [0.3, 0.4) is 0 Å². The Hall–Kier alpha value is -1.09. The molecule has 5 nitrogen and oxygen atoms in total. The van der Waals surface area contributed by atoms with Gasteiger partial charge in [0.05, 0.1) is 12.7 Å². The number of nitrogens with zero attached hydrogens (tertiary/aromatic N) is 4. The van der Waals surface area contributed by atoms with Crippen LogP contribution in [0, 0.1) is 5.92 Å². The lowest BCUT2D eigenvalue weighted by atomic mass is 9.96. The van der Waals surface area contributed by atoms with Crippen molar-refractivity contribution >= 4 is 45.9 Å². The molecule has 1 aromatic carbocycles. The number of nitrogens with one attached hydrogen (secondary N) is 1. The highest BCUT2D eigenvalue weighted by molar-refractivity contribution is 14.0. The first-order valence-corrected chi connectivity index (χ1v) is 11.1. The molecule has 1 atom stereocenters. The second-order valence-electron chi connectivity index (χ2n) is 8.29. The zero-order chi connectivity index (χ0) is 19.6. The van der Waals surface area contributed by atoms with Crippen LogP contribution in [0.2, 0.25) is 0 Å². The second-order valence-corrected chi connectivity index (χ2v) is 9.20. The van der Waals surface area contributed by atoms with Gasteiger partial charge in [-0.05, 0) is 61.8 Å². The number of guanidine groups is 1. The number of hydrogen-bond donors (Lipinski definition) is 1. The van der Waals surface area contributed by atoms with Gasteiger partial charge in [0.1, 0.15) is 0 Å². The van der Waals surface area contributed by atoms with Gasteiger partial charge in [-0.25, -0.2) is 0 Å². The number of halogens is 2. The van der Waals surface area contributed by atoms with Crippen molar-refractivity contribution in [1.29, 1.82) is 0 Å². The molecule has 2 aromatic rings. The second kappa shape index (κ2) is 9.81. The molecule has 1 N–H and O–H groups in total. The Balaban J connectivity index is 0.00000240. The molecule has 1 aliphatic heterocycles. The van der Waals surface area contributed by atoms with E-state index in [4.69, 9.17) is 4.99 Å². The quantitative estimate of drug-likeness (QED) is 0.318. The van der Waals surface area contributed by atoms with Crippen LogP contribution in [0.1, 0.15) is 37.3 Å². The summed E-state index contributed by atoms with van der Waals surface area (Å²) in [7, 11) is 1.99. The van der Waals surface area contributed by atoms with Crippen LogP contribution in [0.25, 0.3) is 0 Å². The van der Waals surface area contributed by atoms with Gasteiger partial charge < -0.3 is 10.2 Å². The molecule has 0 spiro atoms. The van der Waals surface area contributed by atoms with E-state index in [1.165, 1.54) is 30.4 Å². The highest BCUT2D eigenvalue weighted by Crippen LogP contribution is 2.48. The van der Waals surface area contributed by atoms with Crippen molar-refractivity contribution in [3.63, 3.8) is 0 Å². The maximum absolute atomic E-state index is 5.08. The van der Waals surface area contributed by atoms with Crippen molar-refractivity contribution in [1.82, 2.24) is 20.0 Å². The highest BCUT2D eigenvalue weighted by Gasteiger charge is 2.44. The monoisotopic (exact) mass is 571 g/mol. The Labute approximate surface area is 199 Å². The van der Waals surface area contributed by atoms with Crippen molar-refractivity contribution in [3.8, 4) is 0 Å². The van der Waals surface area contributed by atoms with E-state index in [2.05, 4.69) is 68.6 Å². The van der Waals surface area contributed by atoms with Crippen LogP contribution in [-0.2, 0) is 18.9 Å². The standard InChI is InChI=1S/C22H30BrN5.HI/c1-3-24-21(25-16-22(8-9-22)19-5-4-6-20(23)12-19)28-10-7-17(15-28)11-18-13-26-27(2)14-18;/h4-6,12-14,17H,3,7-11,15-16H2,1-2H3,(H,24,25);1H. The SMILES string of the molecule is CCNC(=NCC1(c2cccc(Br)c2)CC1)N1CCC(Cc2cnn(C)c2)C1.I. The zero-order valence-electron chi connectivity index (χ0n) is 17.3. The van der Waals surface area contributed by atoms with E-state index >= 15 is 0 Å². The van der Waals surface area contributed by atoms with E-state index in [1.54, 1.807) is 0 Å². The summed E-state index contributed by atoms with van der Waals surface area (Å²) >= 11 is 3.61.